The molecule has 3 aliphatic rings. The Kier molecular flexibility index (Phi) is 3.41. The second kappa shape index (κ2) is 5.53. The van der Waals surface area contributed by atoms with Gasteiger partial charge in [-0.3, -0.25) is 25.0 Å². The molecule has 1 spiro atoms. The minimum atomic E-state index is -2.22. The van der Waals surface area contributed by atoms with E-state index in [0.29, 0.717) is 17.7 Å². The lowest BCUT2D eigenvalue weighted by atomic mass is 9.89. The number of carbonyl (C=O) groups excluding carboxylic acids is 4. The average molecular weight is 355 g/mol. The summed E-state index contributed by atoms with van der Waals surface area (Å²) in [4.78, 5) is 49.4. The minimum Gasteiger partial charge on any atom is -0.497 e. The lowest BCUT2D eigenvalue weighted by Gasteiger charge is -2.44. The number of carbonyl (C=O) groups is 4. The molecule has 1 fully saturated rings. The number of fused-ring (bicyclic) bond motifs is 3. The van der Waals surface area contributed by atoms with E-state index >= 15 is 0 Å². The third-order valence-corrected chi connectivity index (χ3v) is 4.43. The summed E-state index contributed by atoms with van der Waals surface area (Å²) in [6.07, 6.45) is 4.33. The highest BCUT2D eigenvalue weighted by Crippen LogP contribution is 2.39. The first-order valence-corrected chi connectivity index (χ1v) is 7.66. The molecule has 1 saturated heterocycles. The molecule has 3 aliphatic heterocycles. The van der Waals surface area contributed by atoms with Crippen LogP contribution in [0.15, 0.2) is 36.0 Å². The first-order chi connectivity index (χ1) is 12.5. The Hall–Kier alpha value is -3.46. The third kappa shape index (κ3) is 2.07. The van der Waals surface area contributed by atoms with Crippen LogP contribution in [0, 0.1) is 0 Å². The van der Waals surface area contributed by atoms with Gasteiger partial charge in [-0.2, -0.15) is 0 Å². The molecule has 0 bridgehead atoms. The molecule has 4 rings (SSSR count). The van der Waals surface area contributed by atoms with Crippen molar-refractivity contribution in [2.24, 2.45) is 0 Å². The standard InChI is InChI=1S/C17H13N3O6/c1-25-11-3-4-12-9(6-11)2-5-13-20(12)7-10(8-21)17(26-13)14(22)18-16(24)19-15(17)23/h2-8,13H,1H3,(H2,18,19,22,23,24). The van der Waals surface area contributed by atoms with Crippen molar-refractivity contribution >= 4 is 35.9 Å². The topological polar surface area (TPSA) is 114 Å². The summed E-state index contributed by atoms with van der Waals surface area (Å²) >= 11 is 0. The molecule has 0 aromatic heterocycles. The molecule has 0 radical (unpaired) electrons. The molecule has 132 valence electrons. The van der Waals surface area contributed by atoms with Gasteiger partial charge in [-0.15, -0.1) is 0 Å². The molecule has 1 aromatic rings. The zero-order valence-electron chi connectivity index (χ0n) is 13.5. The van der Waals surface area contributed by atoms with E-state index in [1.54, 1.807) is 42.4 Å². The lowest BCUT2D eigenvalue weighted by molar-refractivity contribution is -0.162. The van der Waals surface area contributed by atoms with E-state index < -0.39 is 29.7 Å². The first-order valence-electron chi connectivity index (χ1n) is 7.66. The van der Waals surface area contributed by atoms with Crippen LogP contribution in [0.1, 0.15) is 5.56 Å². The maximum atomic E-state index is 12.4. The van der Waals surface area contributed by atoms with E-state index in [0.717, 1.165) is 5.56 Å². The van der Waals surface area contributed by atoms with Gasteiger partial charge in [0.2, 0.25) is 0 Å². The molecule has 4 amide bonds. The summed E-state index contributed by atoms with van der Waals surface area (Å²) in [6.45, 7) is 0. The Balaban J connectivity index is 1.83. The van der Waals surface area contributed by atoms with E-state index in [-0.39, 0.29) is 5.57 Å². The molecule has 3 heterocycles. The summed E-state index contributed by atoms with van der Waals surface area (Å²) in [5, 5.41) is 3.94. The molecule has 1 aromatic carbocycles. The predicted molar refractivity (Wildman–Crippen MR) is 87.9 cm³/mol. The smallest absolute Gasteiger partial charge is 0.328 e. The van der Waals surface area contributed by atoms with Crippen LogP contribution in [-0.4, -0.2) is 43.1 Å². The maximum absolute atomic E-state index is 12.4. The van der Waals surface area contributed by atoms with E-state index in [9.17, 15) is 19.2 Å². The fraction of sp³-hybridized carbons (Fsp3) is 0.176. The van der Waals surface area contributed by atoms with Crippen LogP contribution < -0.4 is 20.3 Å². The highest BCUT2D eigenvalue weighted by molar-refractivity contribution is 6.26. The fourth-order valence-corrected chi connectivity index (χ4v) is 3.17. The normalized spacial score (nSPS) is 22.8. The second-order valence-corrected chi connectivity index (χ2v) is 5.82. The number of rotatable bonds is 2. The number of benzene rings is 1. The largest absolute Gasteiger partial charge is 0.497 e. The van der Waals surface area contributed by atoms with Gasteiger partial charge in [-0.25, -0.2) is 4.79 Å². The number of nitrogens with one attached hydrogen (secondary N) is 2. The van der Waals surface area contributed by atoms with Crippen LogP contribution in [0.4, 0.5) is 10.5 Å². The van der Waals surface area contributed by atoms with E-state index in [4.69, 9.17) is 9.47 Å². The van der Waals surface area contributed by atoms with Gasteiger partial charge < -0.3 is 14.4 Å². The first kappa shape index (κ1) is 16.0. The average Bonchev–Trinajstić information content (AvgIpc) is 2.64. The molecule has 1 atom stereocenters. The number of nitrogens with zero attached hydrogens (tertiary/aromatic N) is 1. The number of methoxy groups -OCH3 is 1. The van der Waals surface area contributed by atoms with Crippen LogP contribution in [0.25, 0.3) is 6.08 Å². The molecule has 2 N–H and O–H groups in total. The second-order valence-electron chi connectivity index (χ2n) is 5.82. The van der Waals surface area contributed by atoms with Gasteiger partial charge in [0.25, 0.3) is 17.4 Å². The number of ether oxygens (including phenoxy) is 2. The lowest BCUT2D eigenvalue weighted by Crippen LogP contribution is -2.71. The van der Waals surface area contributed by atoms with Gasteiger partial charge in [-0.1, -0.05) is 6.08 Å². The number of hydrogen-bond donors (Lipinski definition) is 2. The van der Waals surface area contributed by atoms with Crippen molar-refractivity contribution in [1.29, 1.82) is 0 Å². The van der Waals surface area contributed by atoms with Crippen LogP contribution in [-0.2, 0) is 19.1 Å². The number of imide groups is 2. The number of amides is 4. The summed E-state index contributed by atoms with van der Waals surface area (Å²) in [5.74, 6) is -1.35. The molecular formula is C17H13N3O6. The van der Waals surface area contributed by atoms with Crippen molar-refractivity contribution in [1.82, 2.24) is 10.6 Å². The fourth-order valence-electron chi connectivity index (χ4n) is 3.17. The minimum absolute atomic E-state index is 0.215. The zero-order chi connectivity index (χ0) is 18.5. The molecule has 0 aliphatic carbocycles. The monoisotopic (exact) mass is 355 g/mol. The molecule has 26 heavy (non-hydrogen) atoms. The van der Waals surface area contributed by atoms with Crippen molar-refractivity contribution < 1.29 is 28.7 Å². The summed E-state index contributed by atoms with van der Waals surface area (Å²) in [5.41, 5.74) is -0.909. The van der Waals surface area contributed by atoms with Crippen LogP contribution >= 0.6 is 0 Å². The van der Waals surface area contributed by atoms with Gasteiger partial charge in [-0.05, 0) is 24.3 Å². The number of urea groups is 1. The molecule has 0 saturated carbocycles. The maximum Gasteiger partial charge on any atom is 0.328 e. The van der Waals surface area contributed by atoms with E-state index in [2.05, 4.69) is 0 Å². The third-order valence-electron chi connectivity index (χ3n) is 4.43. The van der Waals surface area contributed by atoms with Crippen molar-refractivity contribution in [3.63, 3.8) is 0 Å². The molecular weight excluding hydrogens is 342 g/mol. The molecule has 9 heteroatoms. The Labute approximate surface area is 147 Å². The summed E-state index contributed by atoms with van der Waals surface area (Å²) in [7, 11) is 1.55. The molecule has 1 unspecified atom stereocenters. The highest BCUT2D eigenvalue weighted by Gasteiger charge is 2.58. The summed E-state index contributed by atoms with van der Waals surface area (Å²) < 4.78 is 10.9. The number of anilines is 1. The van der Waals surface area contributed by atoms with E-state index in [1.165, 1.54) is 6.20 Å². The highest BCUT2D eigenvalue weighted by atomic mass is 16.5. The van der Waals surface area contributed by atoms with Gasteiger partial charge in [0.05, 0.1) is 18.4 Å². The van der Waals surface area contributed by atoms with Crippen molar-refractivity contribution in [3.8, 4) is 5.75 Å². The van der Waals surface area contributed by atoms with Gasteiger partial charge in [0, 0.05) is 11.8 Å². The number of aldehydes is 1. The van der Waals surface area contributed by atoms with Crippen molar-refractivity contribution in [2.75, 3.05) is 12.0 Å². The van der Waals surface area contributed by atoms with Crippen LogP contribution in [0.2, 0.25) is 0 Å². The quantitative estimate of drug-likeness (QED) is 0.570. The Bertz CT molecular complexity index is 899. The predicted octanol–water partition coefficient (Wildman–Crippen LogP) is 0.0723. The van der Waals surface area contributed by atoms with Crippen LogP contribution in [0.5, 0.6) is 5.75 Å². The van der Waals surface area contributed by atoms with Gasteiger partial charge in [0.15, 0.2) is 12.5 Å². The van der Waals surface area contributed by atoms with E-state index in [1.807, 2.05) is 10.6 Å². The Morgan fingerprint density at radius 2 is 1.96 bits per heavy atom. The molecule has 9 nitrogen and oxygen atoms in total. The Morgan fingerprint density at radius 1 is 1.23 bits per heavy atom. The number of barbiturate groups is 1. The van der Waals surface area contributed by atoms with Gasteiger partial charge >= 0.3 is 6.03 Å². The number of hydrogen-bond acceptors (Lipinski definition) is 7. The summed E-state index contributed by atoms with van der Waals surface area (Å²) in [6, 6.07) is 4.36. The van der Waals surface area contributed by atoms with Crippen LogP contribution in [0.3, 0.4) is 0 Å². The zero-order valence-corrected chi connectivity index (χ0v) is 13.5. The Morgan fingerprint density at radius 3 is 2.62 bits per heavy atom. The van der Waals surface area contributed by atoms with Gasteiger partial charge in [0.1, 0.15) is 5.75 Å². The SMILES string of the molecule is COc1ccc2c(c1)C=CC1OC3(C(=O)NC(=O)NC3=O)C(C=O)=CN21. The van der Waals surface area contributed by atoms with Crippen molar-refractivity contribution in [2.45, 2.75) is 11.8 Å². The van der Waals surface area contributed by atoms with Crippen molar-refractivity contribution in [3.05, 3.63) is 41.6 Å².